The van der Waals surface area contributed by atoms with Crippen LogP contribution in [0.3, 0.4) is 0 Å². The Kier molecular flexibility index (Phi) is 38.5. The third-order valence-electron chi connectivity index (χ3n) is 17.0. The van der Waals surface area contributed by atoms with E-state index in [1.165, 1.54) is 53.7 Å². The van der Waals surface area contributed by atoms with Crippen molar-refractivity contribution in [3.05, 3.63) is 177 Å². The fourth-order valence-electron chi connectivity index (χ4n) is 10.6. The van der Waals surface area contributed by atoms with Gasteiger partial charge in [-0.05, 0) is 205 Å². The second kappa shape index (κ2) is 45.4. The van der Waals surface area contributed by atoms with E-state index in [-0.39, 0.29) is 35.1 Å². The summed E-state index contributed by atoms with van der Waals surface area (Å²) in [5.74, 6) is 2.27. The average molecular weight is 1380 g/mol. The molecule has 3 heterocycles. The van der Waals surface area contributed by atoms with Crippen molar-refractivity contribution in [3.8, 4) is 0 Å². The molecule has 5 aromatic carbocycles. The van der Waals surface area contributed by atoms with Gasteiger partial charge in [0.25, 0.3) is 29.5 Å². The molecule has 0 spiro atoms. The number of nitrogens with two attached hydrogens (primary N) is 1. The first kappa shape index (κ1) is 84.9. The molecule has 0 aromatic heterocycles. The number of hydrogen-bond donors (Lipinski definition) is 7. The Hall–Kier alpha value is -7.52. The van der Waals surface area contributed by atoms with Crippen molar-refractivity contribution in [2.45, 2.75) is 170 Å². The molecule has 3 fully saturated rings. The Morgan fingerprint density at radius 2 is 0.630 bits per heavy atom. The van der Waals surface area contributed by atoms with Gasteiger partial charge in [0, 0.05) is 105 Å². The molecule has 5 aromatic rings. The fraction of sp³-hybridized carbons (Fsp3) is 0.556. The molecule has 0 saturated carbocycles. The molecule has 552 valence electrons. The highest BCUT2D eigenvalue weighted by molar-refractivity contribution is 5.96. The maximum atomic E-state index is 12.0. The summed E-state index contributed by atoms with van der Waals surface area (Å²) >= 11 is 0. The molecule has 19 nitrogen and oxygen atoms in total. The number of likely N-dealkylation sites (tertiary alicyclic amines) is 1. The number of rotatable bonds is 26. The van der Waals surface area contributed by atoms with Gasteiger partial charge in [-0.15, -0.1) is 0 Å². The van der Waals surface area contributed by atoms with E-state index in [9.17, 15) is 28.8 Å². The first-order chi connectivity index (χ1) is 47.5. The van der Waals surface area contributed by atoms with Gasteiger partial charge in [0.15, 0.2) is 0 Å². The molecule has 19 heteroatoms. The van der Waals surface area contributed by atoms with E-state index in [1.54, 1.807) is 20.8 Å². The molecular weight excluding hydrogens is 1260 g/mol. The molecule has 3 aliphatic heterocycles. The molecule has 0 unspecified atom stereocenters. The SMILES string of the molecule is CC(C)c1ccc(C(=O)NCC(C)(C)N)cc1.CC(C)c1ccc(C(=O)NCCCN2CCCC2)cc1.CC(C)c1ccc(C(=O)NCCCN2CCOCC2)cc1.CC(C)c1ccc(C(=O)NCCN2CCOCC2)cc1.CC(C)c1ccc(C(=O)NCCNC(=O)OC(C)(C)C)cc1. The van der Waals surface area contributed by atoms with Gasteiger partial charge in [0.05, 0.1) is 26.4 Å². The lowest BCUT2D eigenvalue weighted by Crippen LogP contribution is -2.45. The predicted octanol–water partition coefficient (Wildman–Crippen LogP) is 12.5. The van der Waals surface area contributed by atoms with Crippen LogP contribution in [-0.4, -0.2) is 186 Å². The van der Waals surface area contributed by atoms with Crippen LogP contribution in [0.2, 0.25) is 0 Å². The largest absolute Gasteiger partial charge is 0.444 e. The van der Waals surface area contributed by atoms with Crippen LogP contribution < -0.4 is 37.6 Å². The highest BCUT2D eigenvalue weighted by Crippen LogP contribution is 2.20. The van der Waals surface area contributed by atoms with Crippen LogP contribution in [0.25, 0.3) is 0 Å². The van der Waals surface area contributed by atoms with Gasteiger partial charge in [0.2, 0.25) is 0 Å². The lowest BCUT2D eigenvalue weighted by Gasteiger charge is -2.26. The van der Waals surface area contributed by atoms with Gasteiger partial charge < -0.3 is 56.7 Å². The number of benzene rings is 5. The minimum atomic E-state index is -0.522. The van der Waals surface area contributed by atoms with Crippen molar-refractivity contribution in [1.82, 2.24) is 46.6 Å². The van der Waals surface area contributed by atoms with Gasteiger partial charge in [-0.3, -0.25) is 33.8 Å². The highest BCUT2D eigenvalue weighted by atomic mass is 16.6. The number of carbonyl (C=O) groups is 6. The second-order valence-corrected chi connectivity index (χ2v) is 29.2. The van der Waals surface area contributed by atoms with Crippen molar-refractivity contribution in [2.75, 3.05) is 125 Å². The summed E-state index contributed by atoms with van der Waals surface area (Å²) in [7, 11) is 0. The lowest BCUT2D eigenvalue weighted by atomic mass is 10.0. The van der Waals surface area contributed by atoms with Crippen LogP contribution in [0.5, 0.6) is 0 Å². The Balaban J connectivity index is 0.000000266. The summed E-state index contributed by atoms with van der Waals surface area (Å²) in [6, 6.07) is 38.9. The Morgan fingerprint density at radius 1 is 0.370 bits per heavy atom. The molecule has 8 rings (SSSR count). The summed E-state index contributed by atoms with van der Waals surface area (Å²) in [5.41, 5.74) is 14.7. The maximum Gasteiger partial charge on any atom is 0.407 e. The third-order valence-corrected chi connectivity index (χ3v) is 17.0. The van der Waals surface area contributed by atoms with Gasteiger partial charge >= 0.3 is 6.09 Å². The predicted molar refractivity (Wildman–Crippen MR) is 406 cm³/mol. The summed E-state index contributed by atoms with van der Waals surface area (Å²) in [5, 5.41) is 17.1. The van der Waals surface area contributed by atoms with Crippen molar-refractivity contribution >= 4 is 35.6 Å². The minimum absolute atomic E-state index is 0.00793. The highest BCUT2D eigenvalue weighted by Gasteiger charge is 2.19. The smallest absolute Gasteiger partial charge is 0.407 e. The number of ether oxygens (including phenoxy) is 3. The normalized spacial score (nSPS) is 14.2. The van der Waals surface area contributed by atoms with Crippen LogP contribution in [0.1, 0.15) is 239 Å². The summed E-state index contributed by atoms with van der Waals surface area (Å²) in [6.07, 6.45) is 4.19. The zero-order valence-corrected chi connectivity index (χ0v) is 63.3. The molecule has 3 saturated heterocycles. The molecule has 0 radical (unpaired) electrons. The molecule has 0 aliphatic carbocycles. The first-order valence-electron chi connectivity index (χ1n) is 36.5. The van der Waals surface area contributed by atoms with E-state index in [1.807, 2.05) is 135 Å². The molecule has 8 N–H and O–H groups in total. The second-order valence-electron chi connectivity index (χ2n) is 29.2. The topological polar surface area (TPSA) is 238 Å². The standard InChI is InChI=1S/C17H26N2O3.C17H26N2O2.C17H26N2O.C16H24N2O2.C14H22N2O/c1-12(2)13-6-8-14(9-7-13)15(20)18-10-11-19-16(21)22-17(3,4)5;1-14(2)15-4-6-16(7-5-15)17(20)18-8-3-9-19-10-12-21-13-11-19;1-14(2)15-6-8-16(9-7-15)17(20)18-10-5-13-19-11-3-4-12-19;1-13(2)14-3-5-15(6-4-14)16(19)17-7-8-18-9-11-20-12-10-18;1-10(2)11-5-7-12(8-6-11)13(17)16-9-14(3,4)15/h6-9,12H,10-11H2,1-5H3,(H,18,20)(H,19,21);4-7,14H,3,8-13H2,1-2H3,(H,18,20);6-9,14H,3-5,10-13H2,1-2H3,(H,18,20);3-6,13H,7-12H2,1-2H3,(H,17,19);5-8,10H,9,15H2,1-4H3,(H,16,17). The first-order valence-corrected chi connectivity index (χ1v) is 36.5. The lowest BCUT2D eigenvalue weighted by molar-refractivity contribution is 0.0374. The van der Waals surface area contributed by atoms with Crippen LogP contribution in [-0.2, 0) is 14.2 Å². The van der Waals surface area contributed by atoms with E-state index in [0.29, 0.717) is 66.9 Å². The maximum absolute atomic E-state index is 12.0. The number of hydrogen-bond acceptors (Lipinski definition) is 13. The van der Waals surface area contributed by atoms with Crippen molar-refractivity contribution in [2.24, 2.45) is 5.73 Å². The quantitative estimate of drug-likeness (QED) is 0.0255. The van der Waals surface area contributed by atoms with Crippen molar-refractivity contribution in [3.63, 3.8) is 0 Å². The molecule has 0 bridgehead atoms. The fourth-order valence-corrected chi connectivity index (χ4v) is 10.6. The van der Waals surface area contributed by atoms with E-state index in [4.69, 9.17) is 19.9 Å². The number of alkyl carbamates (subject to hydrolysis) is 1. The van der Waals surface area contributed by atoms with Crippen LogP contribution >= 0.6 is 0 Å². The number of carbonyl (C=O) groups excluding carboxylic acids is 6. The van der Waals surface area contributed by atoms with E-state index >= 15 is 0 Å². The average Bonchev–Trinajstić information content (AvgIpc) is 1.06. The zero-order chi connectivity index (χ0) is 73.6. The van der Waals surface area contributed by atoms with Crippen molar-refractivity contribution in [1.29, 1.82) is 0 Å². The van der Waals surface area contributed by atoms with Gasteiger partial charge in [-0.1, -0.05) is 130 Å². The van der Waals surface area contributed by atoms with Gasteiger partial charge in [0.1, 0.15) is 5.60 Å². The van der Waals surface area contributed by atoms with E-state index in [0.717, 1.165) is 115 Å². The number of nitrogens with one attached hydrogen (secondary N) is 6. The van der Waals surface area contributed by atoms with Crippen LogP contribution in [0, 0.1) is 0 Å². The molecule has 6 amide bonds. The Bertz CT molecular complexity index is 3140. The molecule has 0 atom stereocenters. The van der Waals surface area contributed by atoms with Crippen molar-refractivity contribution < 1.29 is 43.0 Å². The number of amides is 6. The zero-order valence-electron chi connectivity index (χ0n) is 63.3. The number of morpholine rings is 2. The summed E-state index contributed by atoms with van der Waals surface area (Å²) < 4.78 is 15.7. The summed E-state index contributed by atoms with van der Waals surface area (Å²) in [4.78, 5) is 78.4. The van der Waals surface area contributed by atoms with Gasteiger partial charge in [-0.25, -0.2) is 4.79 Å². The van der Waals surface area contributed by atoms with Gasteiger partial charge in [-0.2, -0.15) is 0 Å². The van der Waals surface area contributed by atoms with E-state index in [2.05, 4.69) is 116 Å². The third kappa shape index (κ3) is 35.2. The van der Waals surface area contributed by atoms with E-state index < -0.39 is 11.7 Å². The monoisotopic (exact) mass is 1380 g/mol. The minimum Gasteiger partial charge on any atom is -0.444 e. The number of nitrogens with zero attached hydrogens (tertiary/aromatic N) is 3. The molecule has 3 aliphatic rings. The Labute approximate surface area is 600 Å². The molecule has 100 heavy (non-hydrogen) atoms. The molecular formula is C81H124N10O9. The van der Waals surface area contributed by atoms with Crippen LogP contribution in [0.4, 0.5) is 4.79 Å². The summed E-state index contributed by atoms with van der Waals surface area (Å²) in [6.45, 7) is 46.5. The van der Waals surface area contributed by atoms with Crippen LogP contribution in [0.15, 0.2) is 121 Å². The Morgan fingerprint density at radius 3 is 0.920 bits per heavy atom.